The van der Waals surface area contributed by atoms with Crippen LogP contribution in [-0.2, 0) is 6.04 Å². The van der Waals surface area contributed by atoms with Crippen molar-refractivity contribution in [2.75, 3.05) is 0 Å². The second-order valence-electron chi connectivity index (χ2n) is 1.71. The number of aromatic nitrogens is 1. The average Bonchev–Trinajstić information content (AvgIpc) is 1.90. The molecule has 0 aliphatic heterocycles. The number of nitrogens with zero attached hydrogens (tertiary/aromatic N) is 1. The highest BCUT2D eigenvalue weighted by Crippen LogP contribution is 1.75. The Morgan fingerprint density at radius 1 is 1.75 bits per heavy atom. The Bertz CT molecular complexity index is 152. The molecule has 0 fully saturated rings. The highest BCUT2D eigenvalue weighted by Gasteiger charge is 1.83. The van der Waals surface area contributed by atoms with Crippen LogP contribution in [0.2, 0.25) is 0 Å². The van der Waals surface area contributed by atoms with E-state index in [1.54, 1.807) is 0 Å². The molecule has 0 aliphatic rings. The molecule has 0 unspecified atom stereocenters. The topological polar surface area (TPSA) is 12.9 Å². The zero-order valence-corrected chi connectivity index (χ0v) is 7.12. The maximum absolute atomic E-state index is 4.13. The maximum Gasteiger partial charge on any atom is 0.0554 e. The number of hydrogen-bond acceptors (Lipinski definition) is 1. The number of rotatable bonds is 1. The summed E-state index contributed by atoms with van der Waals surface area (Å²) in [5.74, 6) is 4.17. The Hall–Kier alpha value is -0.156. The van der Waals surface area contributed by atoms with Gasteiger partial charge in [-0.05, 0) is 6.04 Å². The SMILES string of the molecule is CC[si]1cnc[siH]c1. The minimum atomic E-state index is -0.198. The molecule has 0 saturated heterocycles. The molecule has 0 saturated carbocycles. The van der Waals surface area contributed by atoms with Gasteiger partial charge >= 0.3 is 0 Å². The van der Waals surface area contributed by atoms with Crippen LogP contribution in [0.3, 0.4) is 0 Å². The van der Waals surface area contributed by atoms with Gasteiger partial charge in [0.15, 0.2) is 0 Å². The van der Waals surface area contributed by atoms with Gasteiger partial charge < -0.3 is 0 Å². The van der Waals surface area contributed by atoms with Crippen LogP contribution in [0.4, 0.5) is 0 Å². The van der Waals surface area contributed by atoms with E-state index in [1.807, 2.05) is 5.81 Å². The molecule has 1 heterocycles. The Labute approximate surface area is 53.1 Å². The molecule has 0 bridgehead atoms. The van der Waals surface area contributed by atoms with Crippen molar-refractivity contribution in [1.82, 2.24) is 4.98 Å². The molecule has 0 amide bonds. The summed E-state index contributed by atoms with van der Waals surface area (Å²) in [6.45, 7) is 2.24. The Kier molecular flexibility index (Phi) is 2.23. The van der Waals surface area contributed by atoms with Gasteiger partial charge in [-0.1, -0.05) is 12.2 Å². The first-order chi connectivity index (χ1) is 3.93. The molecule has 1 aromatic heterocycles. The molecule has 1 nitrogen and oxygen atoms in total. The zero-order valence-electron chi connectivity index (χ0n) is 4.96. The molecule has 0 spiro atoms. The molecule has 8 heavy (non-hydrogen) atoms. The number of aryl methyl sites for hydroxylation is 1. The van der Waals surface area contributed by atoms with E-state index in [0.717, 1.165) is 0 Å². The monoisotopic (exact) mass is 139 g/mol. The van der Waals surface area contributed by atoms with Crippen molar-refractivity contribution >= 4 is 17.5 Å². The van der Waals surface area contributed by atoms with Crippen molar-refractivity contribution in [1.29, 1.82) is 0 Å². The van der Waals surface area contributed by atoms with Gasteiger partial charge in [0.25, 0.3) is 0 Å². The van der Waals surface area contributed by atoms with Gasteiger partial charge in [0.05, 0.1) is 8.40 Å². The Morgan fingerprint density at radius 2 is 2.62 bits per heavy atom. The highest BCUT2D eigenvalue weighted by atomic mass is 28.3. The molecule has 1 rings (SSSR count). The van der Waals surface area contributed by atoms with E-state index in [9.17, 15) is 0 Å². The maximum atomic E-state index is 4.13. The third-order valence-electron chi connectivity index (χ3n) is 1.13. The predicted octanol–water partition coefficient (Wildman–Crippen LogP) is 0.198. The van der Waals surface area contributed by atoms with E-state index >= 15 is 0 Å². The fraction of sp³-hybridized carbons (Fsp3) is 0.400. The van der Waals surface area contributed by atoms with Crippen LogP contribution in [-0.4, -0.2) is 22.5 Å². The molecule has 0 aromatic carbocycles. The summed E-state index contributed by atoms with van der Waals surface area (Å²) in [7, 11) is 0.268. The van der Waals surface area contributed by atoms with E-state index in [1.165, 1.54) is 6.04 Å². The van der Waals surface area contributed by atoms with Crippen LogP contribution in [0.15, 0.2) is 16.9 Å². The predicted molar refractivity (Wildman–Crippen MR) is 38.6 cm³/mol. The summed E-state index contributed by atoms with van der Waals surface area (Å²) >= 11 is 0. The second kappa shape index (κ2) is 2.99. The first-order valence-electron chi connectivity index (χ1n) is 2.82. The lowest BCUT2D eigenvalue weighted by Gasteiger charge is -1.87. The summed E-state index contributed by atoms with van der Waals surface area (Å²) in [6, 6.07) is 1.31. The standard InChI is InChI=1S/C5H9NSi2/c1-2-8-4-6-3-7-5-8/h3-5,7H,2H2,1H3. The van der Waals surface area contributed by atoms with Crippen LogP contribution in [0.1, 0.15) is 6.92 Å². The largest absolute Gasteiger partial charge is 0.275 e. The fourth-order valence-corrected chi connectivity index (χ4v) is 4.05. The molecule has 1 aromatic rings. The molecule has 0 N–H and O–H groups in total. The lowest BCUT2D eigenvalue weighted by atomic mass is 11.0. The van der Waals surface area contributed by atoms with Gasteiger partial charge in [0.2, 0.25) is 0 Å². The lowest BCUT2D eigenvalue weighted by molar-refractivity contribution is 1.32. The first kappa shape index (κ1) is 5.97. The van der Waals surface area contributed by atoms with Gasteiger partial charge in [0.1, 0.15) is 0 Å². The van der Waals surface area contributed by atoms with Crippen molar-refractivity contribution in [2.45, 2.75) is 13.0 Å². The molecule has 42 valence electrons. The van der Waals surface area contributed by atoms with Crippen LogP contribution < -0.4 is 0 Å². The van der Waals surface area contributed by atoms with Gasteiger partial charge in [-0.15, -0.1) is 0 Å². The van der Waals surface area contributed by atoms with Crippen molar-refractivity contribution < 1.29 is 0 Å². The van der Waals surface area contributed by atoms with Crippen LogP contribution in [0.5, 0.6) is 0 Å². The summed E-state index contributed by atoms with van der Waals surface area (Å²) in [5, 5.41) is 2.47. The Morgan fingerprint density at radius 3 is 3.00 bits per heavy atom. The van der Waals surface area contributed by atoms with Crippen molar-refractivity contribution in [3.05, 3.63) is 16.9 Å². The zero-order chi connectivity index (χ0) is 5.82. The second-order valence-corrected chi connectivity index (χ2v) is 5.85. The molecule has 0 radical (unpaired) electrons. The van der Waals surface area contributed by atoms with Gasteiger partial charge in [0, 0.05) is 20.7 Å². The third-order valence-corrected chi connectivity index (χ3v) is 5.25. The summed E-state index contributed by atoms with van der Waals surface area (Å²) < 4.78 is 0. The van der Waals surface area contributed by atoms with E-state index in [2.05, 4.69) is 23.0 Å². The van der Waals surface area contributed by atoms with Gasteiger partial charge in [-0.25, -0.2) is 0 Å². The summed E-state index contributed by atoms with van der Waals surface area (Å²) in [6.07, 6.45) is 0. The molecule has 0 atom stereocenters. The normalized spacial score (nSPS) is 9.12. The smallest absolute Gasteiger partial charge is 0.0554 e. The minimum absolute atomic E-state index is 0.198. The van der Waals surface area contributed by atoms with Gasteiger partial charge in [-0.3, -0.25) is 4.98 Å². The molecular formula is C5H9NSi2. The third kappa shape index (κ3) is 1.41. The van der Waals surface area contributed by atoms with Crippen molar-refractivity contribution in [3.8, 4) is 0 Å². The van der Waals surface area contributed by atoms with E-state index in [4.69, 9.17) is 0 Å². The fourth-order valence-electron chi connectivity index (χ4n) is 0.607. The number of hydrogen-bond donors (Lipinski definition) is 0. The van der Waals surface area contributed by atoms with Crippen LogP contribution in [0.25, 0.3) is 0 Å². The summed E-state index contributed by atoms with van der Waals surface area (Å²) in [5.41, 5.74) is 0. The molecule has 0 aliphatic carbocycles. The van der Waals surface area contributed by atoms with E-state index in [-0.39, 0.29) is 8.40 Å². The van der Waals surface area contributed by atoms with Gasteiger partial charge in [-0.2, -0.15) is 0 Å². The average molecular weight is 139 g/mol. The summed E-state index contributed by atoms with van der Waals surface area (Å²) in [4.78, 5) is 4.13. The molecular weight excluding hydrogens is 130 g/mol. The molecule has 3 heteroatoms. The van der Waals surface area contributed by atoms with Crippen LogP contribution in [0, 0.1) is 0 Å². The first-order valence-corrected chi connectivity index (χ1v) is 6.02. The minimum Gasteiger partial charge on any atom is -0.275 e. The quantitative estimate of drug-likeness (QED) is 0.506. The van der Waals surface area contributed by atoms with Crippen molar-refractivity contribution in [2.24, 2.45) is 0 Å². The van der Waals surface area contributed by atoms with E-state index < -0.39 is 0 Å². The van der Waals surface area contributed by atoms with Crippen LogP contribution >= 0.6 is 0 Å². The lowest BCUT2D eigenvalue weighted by Crippen LogP contribution is -1.98. The highest BCUT2D eigenvalue weighted by molar-refractivity contribution is 6.57. The van der Waals surface area contributed by atoms with Crippen molar-refractivity contribution in [3.63, 3.8) is 0 Å². The Balaban J connectivity index is 2.83. The van der Waals surface area contributed by atoms with E-state index in [0.29, 0.717) is 9.12 Å².